The van der Waals surface area contributed by atoms with E-state index in [2.05, 4.69) is 15.3 Å². The summed E-state index contributed by atoms with van der Waals surface area (Å²) < 4.78 is 39.3. The second-order valence-corrected chi connectivity index (χ2v) is 6.72. The number of nitrogens with zero attached hydrogens (tertiary/aromatic N) is 4. The van der Waals surface area contributed by atoms with E-state index >= 15 is 0 Å². The minimum Gasteiger partial charge on any atom is -0.349 e. The van der Waals surface area contributed by atoms with E-state index in [0.29, 0.717) is 6.54 Å². The fraction of sp³-hybridized carbons (Fsp3) is 0.158. The van der Waals surface area contributed by atoms with Crippen LogP contribution in [0.15, 0.2) is 54.9 Å². The lowest BCUT2D eigenvalue weighted by atomic mass is 10.2. The Morgan fingerprint density at radius 3 is 2.50 bits per heavy atom. The Morgan fingerprint density at radius 2 is 1.87 bits per heavy atom. The van der Waals surface area contributed by atoms with Gasteiger partial charge in [0, 0.05) is 19.3 Å². The van der Waals surface area contributed by atoms with Crippen molar-refractivity contribution in [3.05, 3.63) is 81.1 Å². The molecular weight excluding hydrogens is 423 g/mol. The van der Waals surface area contributed by atoms with Gasteiger partial charge in [-0.2, -0.15) is 13.2 Å². The van der Waals surface area contributed by atoms with Crippen molar-refractivity contribution in [2.24, 2.45) is 0 Å². The van der Waals surface area contributed by atoms with Gasteiger partial charge in [0.15, 0.2) is 0 Å². The molecule has 0 aliphatic carbocycles. The average molecular weight is 438 g/mol. The summed E-state index contributed by atoms with van der Waals surface area (Å²) in [4.78, 5) is 20.5. The predicted octanol–water partition coefficient (Wildman–Crippen LogP) is 5.44. The zero-order valence-corrected chi connectivity index (χ0v) is 16.3. The van der Waals surface area contributed by atoms with Crippen LogP contribution in [0, 0.1) is 10.1 Å². The van der Waals surface area contributed by atoms with E-state index in [1.165, 1.54) is 6.07 Å². The average Bonchev–Trinajstić information content (AvgIpc) is 2.69. The first kappa shape index (κ1) is 21.3. The number of rotatable bonds is 6. The molecule has 0 spiro atoms. The molecule has 0 saturated heterocycles. The van der Waals surface area contributed by atoms with Crippen molar-refractivity contribution >= 4 is 34.6 Å². The van der Waals surface area contributed by atoms with Gasteiger partial charge in [-0.1, -0.05) is 41.9 Å². The lowest BCUT2D eigenvalue weighted by molar-refractivity contribution is -0.383. The van der Waals surface area contributed by atoms with Crippen molar-refractivity contribution < 1.29 is 18.1 Å². The number of aromatic nitrogens is 2. The maximum atomic E-state index is 13.1. The molecule has 0 amide bonds. The monoisotopic (exact) mass is 437 g/mol. The maximum absolute atomic E-state index is 13.1. The quantitative estimate of drug-likeness (QED) is 0.408. The molecule has 11 heteroatoms. The predicted molar refractivity (Wildman–Crippen MR) is 107 cm³/mol. The minimum atomic E-state index is -4.67. The molecule has 0 aliphatic rings. The molecule has 7 nitrogen and oxygen atoms in total. The van der Waals surface area contributed by atoms with Gasteiger partial charge in [-0.15, -0.1) is 0 Å². The summed E-state index contributed by atoms with van der Waals surface area (Å²) >= 11 is 5.62. The van der Waals surface area contributed by atoms with Crippen LogP contribution in [0.4, 0.5) is 36.2 Å². The molecule has 0 unspecified atom stereocenters. The first-order valence-electron chi connectivity index (χ1n) is 8.55. The minimum absolute atomic E-state index is 0.0198. The van der Waals surface area contributed by atoms with Crippen molar-refractivity contribution in [3.63, 3.8) is 0 Å². The Kier molecular flexibility index (Phi) is 6.06. The number of hydrogen-bond acceptors (Lipinski definition) is 6. The van der Waals surface area contributed by atoms with Gasteiger partial charge in [-0.3, -0.25) is 10.1 Å². The first-order chi connectivity index (χ1) is 14.2. The number of anilines is 3. The first-order valence-corrected chi connectivity index (χ1v) is 8.93. The van der Waals surface area contributed by atoms with E-state index in [1.807, 2.05) is 30.3 Å². The molecule has 0 atom stereocenters. The van der Waals surface area contributed by atoms with Crippen molar-refractivity contribution in [2.45, 2.75) is 12.7 Å². The molecule has 30 heavy (non-hydrogen) atoms. The zero-order valence-electron chi connectivity index (χ0n) is 15.5. The highest BCUT2D eigenvalue weighted by Crippen LogP contribution is 2.38. The Hall–Kier alpha value is -3.40. The molecule has 0 aliphatic heterocycles. The molecule has 2 aromatic carbocycles. The molecule has 1 N–H and O–H groups in total. The number of nitrogens with one attached hydrogen (secondary N) is 1. The third kappa shape index (κ3) is 4.77. The molecule has 0 radical (unpaired) electrons. The van der Waals surface area contributed by atoms with E-state index in [0.717, 1.165) is 24.0 Å². The zero-order chi connectivity index (χ0) is 21.9. The molecule has 3 rings (SSSR count). The summed E-state index contributed by atoms with van der Waals surface area (Å²) in [5.74, 6) is -0.216. The number of halogens is 4. The van der Waals surface area contributed by atoms with Crippen LogP contribution in [0.3, 0.4) is 0 Å². The second kappa shape index (κ2) is 8.54. The highest BCUT2D eigenvalue weighted by atomic mass is 35.5. The second-order valence-electron chi connectivity index (χ2n) is 6.31. The van der Waals surface area contributed by atoms with E-state index in [4.69, 9.17) is 11.6 Å². The van der Waals surface area contributed by atoms with Gasteiger partial charge < -0.3 is 10.2 Å². The SMILES string of the molecule is CN(Cc1ccccc1)c1ncnc(Nc2ccc(Cl)c(C(F)(F)F)c2)c1[N+](=O)[O-]. The van der Waals surface area contributed by atoms with Gasteiger partial charge >= 0.3 is 11.9 Å². The summed E-state index contributed by atoms with van der Waals surface area (Å²) in [5.41, 5.74) is -0.674. The third-order valence-electron chi connectivity index (χ3n) is 4.14. The van der Waals surface area contributed by atoms with Crippen LogP contribution in [0.5, 0.6) is 0 Å². The molecule has 156 valence electrons. The Balaban J connectivity index is 1.97. The van der Waals surface area contributed by atoms with Crippen LogP contribution < -0.4 is 10.2 Å². The molecule has 0 saturated carbocycles. The topological polar surface area (TPSA) is 84.2 Å². The van der Waals surface area contributed by atoms with Crippen LogP contribution in [-0.4, -0.2) is 21.9 Å². The van der Waals surface area contributed by atoms with Crippen LogP contribution in [0.25, 0.3) is 0 Å². The normalized spacial score (nSPS) is 11.2. The standard InChI is InChI=1S/C19H15ClF3N5O2/c1-27(10-12-5-3-2-4-6-12)18-16(28(29)30)17(24-11-25-18)26-13-7-8-15(20)14(9-13)19(21,22)23/h2-9,11H,10H2,1H3,(H,24,25,26). The van der Waals surface area contributed by atoms with Crippen LogP contribution >= 0.6 is 11.6 Å². The molecule has 1 aromatic heterocycles. The highest BCUT2D eigenvalue weighted by Gasteiger charge is 2.34. The fourth-order valence-electron chi connectivity index (χ4n) is 2.80. The maximum Gasteiger partial charge on any atom is 0.417 e. The van der Waals surface area contributed by atoms with Crippen molar-refractivity contribution in [1.29, 1.82) is 0 Å². The Morgan fingerprint density at radius 1 is 1.17 bits per heavy atom. The van der Waals surface area contributed by atoms with E-state index in [-0.39, 0.29) is 17.3 Å². The summed E-state index contributed by atoms with van der Waals surface area (Å²) in [6.07, 6.45) is -3.57. The van der Waals surface area contributed by atoms with E-state index < -0.39 is 27.4 Å². The summed E-state index contributed by atoms with van der Waals surface area (Å²) in [7, 11) is 1.62. The number of alkyl halides is 3. The van der Waals surface area contributed by atoms with Gasteiger partial charge in [-0.25, -0.2) is 9.97 Å². The van der Waals surface area contributed by atoms with Gasteiger partial charge in [0.1, 0.15) is 6.33 Å². The number of benzene rings is 2. The highest BCUT2D eigenvalue weighted by molar-refractivity contribution is 6.31. The third-order valence-corrected chi connectivity index (χ3v) is 4.47. The fourth-order valence-corrected chi connectivity index (χ4v) is 3.02. The molecular formula is C19H15ClF3N5O2. The van der Waals surface area contributed by atoms with Gasteiger partial charge in [-0.05, 0) is 23.8 Å². The summed E-state index contributed by atoms with van der Waals surface area (Å²) in [5, 5.41) is 13.8. The van der Waals surface area contributed by atoms with Crippen molar-refractivity contribution in [1.82, 2.24) is 9.97 Å². The lowest BCUT2D eigenvalue weighted by Crippen LogP contribution is -2.20. The van der Waals surface area contributed by atoms with Crippen LogP contribution in [-0.2, 0) is 12.7 Å². The van der Waals surface area contributed by atoms with E-state index in [1.54, 1.807) is 11.9 Å². The number of hydrogen-bond donors (Lipinski definition) is 1. The molecule has 3 aromatic rings. The van der Waals surface area contributed by atoms with Crippen molar-refractivity contribution in [3.8, 4) is 0 Å². The summed E-state index contributed by atoms with van der Waals surface area (Å²) in [6, 6.07) is 12.3. The largest absolute Gasteiger partial charge is 0.417 e. The molecule has 0 fully saturated rings. The van der Waals surface area contributed by atoms with Gasteiger partial charge in [0.25, 0.3) is 0 Å². The number of nitro groups is 1. The molecule has 0 bridgehead atoms. The van der Waals surface area contributed by atoms with Crippen molar-refractivity contribution in [2.75, 3.05) is 17.3 Å². The van der Waals surface area contributed by atoms with Gasteiger partial charge in [0.2, 0.25) is 11.6 Å². The Labute approximate surface area is 174 Å². The lowest BCUT2D eigenvalue weighted by Gasteiger charge is -2.19. The Bertz CT molecular complexity index is 1060. The smallest absolute Gasteiger partial charge is 0.349 e. The summed E-state index contributed by atoms with van der Waals surface area (Å²) in [6.45, 7) is 0.331. The molecule has 1 heterocycles. The van der Waals surface area contributed by atoms with Gasteiger partial charge in [0.05, 0.1) is 15.5 Å². The van der Waals surface area contributed by atoms with Crippen LogP contribution in [0.1, 0.15) is 11.1 Å². The van der Waals surface area contributed by atoms with E-state index in [9.17, 15) is 23.3 Å². The van der Waals surface area contributed by atoms with Crippen LogP contribution in [0.2, 0.25) is 5.02 Å².